The number of carbonyl (C=O) groups excluding carboxylic acids is 2. The lowest BCUT2D eigenvalue weighted by molar-refractivity contribution is -0.130. The number of hydrogen-bond acceptors (Lipinski definition) is 4. The average molecular weight is 332 g/mol. The van der Waals surface area contributed by atoms with E-state index in [-0.39, 0.29) is 17.9 Å². The fraction of sp³-hybridized carbons (Fsp3) is 0.556. The number of rotatable bonds is 6. The van der Waals surface area contributed by atoms with Crippen molar-refractivity contribution in [3.05, 3.63) is 35.9 Å². The predicted octanol–water partition coefficient (Wildman–Crippen LogP) is 0.225. The number of piperidine rings is 1. The smallest absolute Gasteiger partial charge is 0.237 e. The Morgan fingerprint density at radius 3 is 2.46 bits per heavy atom. The molecule has 0 aromatic heterocycles. The van der Waals surface area contributed by atoms with E-state index in [9.17, 15) is 9.59 Å². The van der Waals surface area contributed by atoms with Crippen molar-refractivity contribution in [2.45, 2.75) is 31.3 Å². The second-order valence-electron chi connectivity index (χ2n) is 6.64. The van der Waals surface area contributed by atoms with Crippen LogP contribution in [0.4, 0.5) is 0 Å². The Kier molecular flexibility index (Phi) is 6.75. The number of benzene rings is 1. The summed E-state index contributed by atoms with van der Waals surface area (Å²) in [5, 5.41) is 3.05. The maximum Gasteiger partial charge on any atom is 0.237 e. The van der Waals surface area contributed by atoms with Crippen molar-refractivity contribution in [2.75, 3.05) is 33.7 Å². The van der Waals surface area contributed by atoms with E-state index in [0.29, 0.717) is 13.0 Å². The van der Waals surface area contributed by atoms with Gasteiger partial charge in [0.05, 0.1) is 12.6 Å². The van der Waals surface area contributed by atoms with Gasteiger partial charge in [-0.05, 0) is 24.8 Å². The SMILES string of the molecule is CN(C)C(=O)CN1CCC(NC(=O)C(N)Cc2ccccc2)CC1. The zero-order valence-corrected chi connectivity index (χ0v) is 14.6. The first-order chi connectivity index (χ1) is 11.5. The van der Waals surface area contributed by atoms with Crippen LogP contribution in [0.15, 0.2) is 30.3 Å². The van der Waals surface area contributed by atoms with Crippen LogP contribution in [0.2, 0.25) is 0 Å². The minimum absolute atomic E-state index is 0.0957. The molecule has 0 bridgehead atoms. The van der Waals surface area contributed by atoms with Gasteiger partial charge in [-0.25, -0.2) is 0 Å². The van der Waals surface area contributed by atoms with E-state index in [4.69, 9.17) is 5.73 Å². The molecule has 1 heterocycles. The Balaban J connectivity index is 1.73. The summed E-state index contributed by atoms with van der Waals surface area (Å²) in [6.07, 6.45) is 2.25. The third-order valence-corrected chi connectivity index (χ3v) is 4.43. The highest BCUT2D eigenvalue weighted by molar-refractivity contribution is 5.82. The molecule has 1 aromatic carbocycles. The van der Waals surface area contributed by atoms with E-state index in [2.05, 4.69) is 10.2 Å². The molecule has 1 aliphatic heterocycles. The Labute approximate surface area is 144 Å². The Morgan fingerprint density at radius 1 is 1.25 bits per heavy atom. The number of nitrogens with zero attached hydrogens (tertiary/aromatic N) is 2. The zero-order chi connectivity index (χ0) is 17.5. The lowest BCUT2D eigenvalue weighted by atomic mass is 10.0. The predicted molar refractivity (Wildman–Crippen MR) is 94.4 cm³/mol. The molecule has 2 amide bonds. The number of nitrogens with one attached hydrogen (secondary N) is 1. The van der Waals surface area contributed by atoms with Gasteiger partial charge in [0.1, 0.15) is 0 Å². The minimum atomic E-state index is -0.527. The lowest BCUT2D eigenvalue weighted by Crippen LogP contribution is -2.51. The van der Waals surface area contributed by atoms with Crippen molar-refractivity contribution in [1.82, 2.24) is 15.1 Å². The molecule has 1 saturated heterocycles. The molecular formula is C18H28N4O2. The lowest BCUT2D eigenvalue weighted by Gasteiger charge is -2.32. The van der Waals surface area contributed by atoms with Crippen LogP contribution in [0.5, 0.6) is 0 Å². The van der Waals surface area contributed by atoms with Crippen molar-refractivity contribution in [2.24, 2.45) is 5.73 Å². The zero-order valence-electron chi connectivity index (χ0n) is 14.6. The second kappa shape index (κ2) is 8.80. The molecule has 6 heteroatoms. The summed E-state index contributed by atoms with van der Waals surface area (Å²) in [6.45, 7) is 2.08. The van der Waals surface area contributed by atoms with Crippen molar-refractivity contribution >= 4 is 11.8 Å². The summed E-state index contributed by atoms with van der Waals surface area (Å²) >= 11 is 0. The van der Waals surface area contributed by atoms with Gasteiger partial charge in [-0.1, -0.05) is 30.3 Å². The van der Waals surface area contributed by atoms with Crippen LogP contribution in [0.25, 0.3) is 0 Å². The molecule has 1 fully saturated rings. The summed E-state index contributed by atoms with van der Waals surface area (Å²) in [5.41, 5.74) is 7.09. The van der Waals surface area contributed by atoms with Crippen LogP contribution in [0, 0.1) is 0 Å². The fourth-order valence-corrected chi connectivity index (χ4v) is 2.84. The Hall–Kier alpha value is -1.92. The molecule has 132 valence electrons. The molecule has 1 unspecified atom stereocenters. The molecule has 1 aliphatic rings. The van der Waals surface area contributed by atoms with E-state index >= 15 is 0 Å². The van der Waals surface area contributed by atoms with Gasteiger partial charge in [0.15, 0.2) is 0 Å². The maximum absolute atomic E-state index is 12.3. The van der Waals surface area contributed by atoms with E-state index in [0.717, 1.165) is 31.5 Å². The van der Waals surface area contributed by atoms with Crippen LogP contribution in [-0.2, 0) is 16.0 Å². The molecule has 2 rings (SSSR count). The van der Waals surface area contributed by atoms with Gasteiger partial charge in [0.25, 0.3) is 0 Å². The van der Waals surface area contributed by atoms with Crippen LogP contribution < -0.4 is 11.1 Å². The van der Waals surface area contributed by atoms with Crippen LogP contribution in [0.3, 0.4) is 0 Å². The highest BCUT2D eigenvalue weighted by atomic mass is 16.2. The number of likely N-dealkylation sites (N-methyl/N-ethyl adjacent to an activating group) is 1. The standard InChI is InChI=1S/C18H28N4O2/c1-21(2)17(23)13-22-10-8-15(9-11-22)20-18(24)16(19)12-14-6-4-3-5-7-14/h3-7,15-16H,8-13,19H2,1-2H3,(H,20,24). The normalized spacial score (nSPS) is 17.3. The van der Waals surface area contributed by atoms with Gasteiger partial charge in [0.2, 0.25) is 11.8 Å². The molecule has 0 aliphatic carbocycles. The molecule has 0 radical (unpaired) electrons. The molecular weight excluding hydrogens is 304 g/mol. The van der Waals surface area contributed by atoms with Gasteiger partial charge in [-0.3, -0.25) is 14.5 Å². The van der Waals surface area contributed by atoms with Crippen molar-refractivity contribution < 1.29 is 9.59 Å². The maximum atomic E-state index is 12.3. The first-order valence-electron chi connectivity index (χ1n) is 8.48. The first kappa shape index (κ1) is 18.4. The van der Waals surface area contributed by atoms with Gasteiger partial charge < -0.3 is 16.0 Å². The molecule has 6 nitrogen and oxygen atoms in total. The monoisotopic (exact) mass is 332 g/mol. The summed E-state index contributed by atoms with van der Waals surface area (Å²) in [4.78, 5) is 27.7. The van der Waals surface area contributed by atoms with E-state index in [1.807, 2.05) is 30.3 Å². The van der Waals surface area contributed by atoms with Crippen molar-refractivity contribution in [3.63, 3.8) is 0 Å². The number of carbonyl (C=O) groups is 2. The summed E-state index contributed by atoms with van der Waals surface area (Å²) in [5.74, 6) is 0.0176. The third-order valence-electron chi connectivity index (χ3n) is 4.43. The third kappa shape index (κ3) is 5.62. The highest BCUT2D eigenvalue weighted by Crippen LogP contribution is 2.11. The largest absolute Gasteiger partial charge is 0.352 e. The molecule has 1 aromatic rings. The number of nitrogens with two attached hydrogens (primary N) is 1. The van der Waals surface area contributed by atoms with Crippen LogP contribution in [0.1, 0.15) is 18.4 Å². The number of amides is 2. The fourth-order valence-electron chi connectivity index (χ4n) is 2.84. The van der Waals surface area contributed by atoms with Crippen molar-refractivity contribution in [1.29, 1.82) is 0 Å². The van der Waals surface area contributed by atoms with Gasteiger partial charge in [0, 0.05) is 33.2 Å². The topological polar surface area (TPSA) is 78.7 Å². The summed E-state index contributed by atoms with van der Waals surface area (Å²) in [7, 11) is 3.53. The average Bonchev–Trinajstić information content (AvgIpc) is 2.57. The number of hydrogen-bond donors (Lipinski definition) is 2. The van der Waals surface area contributed by atoms with Crippen LogP contribution in [-0.4, -0.2) is 67.4 Å². The molecule has 3 N–H and O–H groups in total. The summed E-state index contributed by atoms with van der Waals surface area (Å²) < 4.78 is 0. The first-order valence-corrected chi connectivity index (χ1v) is 8.48. The highest BCUT2D eigenvalue weighted by Gasteiger charge is 2.24. The molecule has 0 spiro atoms. The Morgan fingerprint density at radius 2 is 1.88 bits per heavy atom. The van der Waals surface area contributed by atoms with Gasteiger partial charge in [-0.15, -0.1) is 0 Å². The Bertz CT molecular complexity index is 539. The van der Waals surface area contributed by atoms with E-state index in [1.165, 1.54) is 0 Å². The van der Waals surface area contributed by atoms with E-state index in [1.54, 1.807) is 19.0 Å². The van der Waals surface area contributed by atoms with Crippen molar-refractivity contribution in [3.8, 4) is 0 Å². The van der Waals surface area contributed by atoms with Gasteiger partial charge >= 0.3 is 0 Å². The van der Waals surface area contributed by atoms with Crippen LogP contribution >= 0.6 is 0 Å². The molecule has 24 heavy (non-hydrogen) atoms. The molecule has 1 atom stereocenters. The molecule has 0 saturated carbocycles. The minimum Gasteiger partial charge on any atom is -0.352 e. The second-order valence-corrected chi connectivity index (χ2v) is 6.64. The van der Waals surface area contributed by atoms with E-state index < -0.39 is 6.04 Å². The quantitative estimate of drug-likeness (QED) is 0.781. The number of likely N-dealkylation sites (tertiary alicyclic amines) is 1. The van der Waals surface area contributed by atoms with Gasteiger partial charge in [-0.2, -0.15) is 0 Å². The summed E-state index contributed by atoms with van der Waals surface area (Å²) in [6, 6.07) is 9.42.